The van der Waals surface area contributed by atoms with Gasteiger partial charge in [0.25, 0.3) is 0 Å². The second kappa shape index (κ2) is 24.9. The summed E-state index contributed by atoms with van der Waals surface area (Å²) in [6, 6.07) is 15.5. The fourth-order valence-electron chi connectivity index (χ4n) is 6.35. The van der Waals surface area contributed by atoms with Gasteiger partial charge in [-0.05, 0) is 56.9 Å². The number of aliphatic hydroxyl groups excluding tert-OH is 1. The Morgan fingerprint density at radius 2 is 1.22 bits per heavy atom. The van der Waals surface area contributed by atoms with Crippen LogP contribution in [0.2, 0.25) is 0 Å². The zero-order valence-corrected chi connectivity index (χ0v) is 33.5. The van der Waals surface area contributed by atoms with Crippen LogP contribution in [0.4, 0.5) is 21.0 Å². The minimum absolute atomic E-state index is 0. The molecule has 0 saturated heterocycles. The number of rotatable bonds is 5. The number of anilines is 1. The van der Waals surface area contributed by atoms with Gasteiger partial charge in [-0.1, -0.05) is 62.8 Å². The Morgan fingerprint density at radius 3 is 1.62 bits per heavy atom. The first kappa shape index (κ1) is 47.7. The van der Waals surface area contributed by atoms with E-state index in [0.29, 0.717) is 29.2 Å². The highest BCUT2D eigenvalue weighted by Gasteiger charge is 2.24. The molecule has 6 rings (SSSR count). The number of aromatic nitrogens is 4. The highest BCUT2D eigenvalue weighted by Crippen LogP contribution is 2.26. The predicted octanol–water partition coefficient (Wildman–Crippen LogP) is 6.32. The van der Waals surface area contributed by atoms with Crippen LogP contribution in [-0.2, 0) is 0 Å². The molecular weight excluding hydrogens is 743 g/mol. The number of halogens is 2. The van der Waals surface area contributed by atoms with Crippen molar-refractivity contribution in [3.8, 4) is 28.7 Å². The van der Waals surface area contributed by atoms with Crippen LogP contribution in [0, 0.1) is 11.5 Å². The first-order chi connectivity index (χ1) is 25.5. The number of aliphatic hydroxyl groups is 1. The van der Waals surface area contributed by atoms with Gasteiger partial charge in [-0.3, -0.25) is 9.13 Å². The molecular formula is C38H56Cl2N12O3. The summed E-state index contributed by atoms with van der Waals surface area (Å²) >= 11 is 0. The van der Waals surface area contributed by atoms with E-state index in [9.17, 15) is 9.59 Å². The number of nitrogens with two attached hydrogens (primary N) is 4. The van der Waals surface area contributed by atoms with Crippen LogP contribution in [-0.4, -0.2) is 84.8 Å². The van der Waals surface area contributed by atoms with Crippen molar-refractivity contribution in [2.75, 3.05) is 26.4 Å². The molecule has 17 heteroatoms. The number of nitriles is 1. The first-order valence-corrected chi connectivity index (χ1v) is 17.9. The van der Waals surface area contributed by atoms with Crippen LogP contribution in [0.15, 0.2) is 78.6 Å². The number of carbonyl (C=O) groups excluding carboxylic acids is 2. The fraction of sp³-hybridized carbons (Fsp3) is 0.421. The number of nitrogens with zero attached hydrogens (tertiary/aromatic N) is 8. The molecule has 0 spiro atoms. The number of aliphatic imine (C=N–C) groups is 1. The summed E-state index contributed by atoms with van der Waals surface area (Å²) in [6.45, 7) is 1.93. The van der Waals surface area contributed by atoms with Crippen molar-refractivity contribution >= 4 is 54.2 Å². The van der Waals surface area contributed by atoms with E-state index in [1.807, 2.05) is 72.4 Å². The maximum atomic E-state index is 12.7. The molecule has 4 aromatic rings. The third-order valence-corrected chi connectivity index (χ3v) is 9.04. The monoisotopic (exact) mass is 798 g/mol. The van der Waals surface area contributed by atoms with E-state index in [4.69, 9.17) is 27.6 Å². The Labute approximate surface area is 336 Å². The molecule has 2 aromatic carbocycles. The van der Waals surface area contributed by atoms with Crippen molar-refractivity contribution < 1.29 is 14.7 Å². The SMILES string of the molecule is CCO.CN(C(=O)n1cnc(-c2cccc(N)c2)c1)C1CCCCC1.CN(C(=O)n1cnc(-c2cccc(N=C(N)N)c2)c1)C1CCCCC1.Cl.Cl.N#CN. The number of hydrogen-bond acceptors (Lipinski definition) is 9. The van der Waals surface area contributed by atoms with Crippen molar-refractivity contribution in [1.29, 1.82) is 5.26 Å². The van der Waals surface area contributed by atoms with Gasteiger partial charge in [-0.15, -0.1) is 24.8 Å². The molecule has 2 saturated carbocycles. The second-order valence-electron chi connectivity index (χ2n) is 12.9. The lowest BCUT2D eigenvalue weighted by molar-refractivity contribution is 0.174. The Kier molecular flexibility index (Phi) is 21.6. The third kappa shape index (κ3) is 14.8. The lowest BCUT2D eigenvalue weighted by Gasteiger charge is -2.31. The van der Waals surface area contributed by atoms with Crippen LogP contribution >= 0.6 is 24.8 Å². The topological polar surface area (TPSA) is 237 Å². The molecule has 2 amide bonds. The number of hydrogen-bond donors (Lipinski definition) is 5. The molecule has 0 bridgehead atoms. The largest absolute Gasteiger partial charge is 0.399 e. The van der Waals surface area contributed by atoms with E-state index in [1.54, 1.807) is 36.5 Å². The molecule has 2 aliphatic rings. The van der Waals surface area contributed by atoms with Gasteiger partial charge < -0.3 is 37.8 Å². The molecule has 2 aliphatic carbocycles. The summed E-state index contributed by atoms with van der Waals surface area (Å²) in [5, 5.41) is 14.7. The Balaban J connectivity index is 0.000000469. The van der Waals surface area contributed by atoms with Gasteiger partial charge >= 0.3 is 12.1 Å². The van der Waals surface area contributed by atoms with Crippen molar-refractivity contribution in [1.82, 2.24) is 28.9 Å². The molecule has 9 N–H and O–H groups in total. The number of amides is 2. The number of imidazole rings is 2. The number of carbonyl (C=O) groups is 2. The maximum Gasteiger partial charge on any atom is 0.329 e. The summed E-state index contributed by atoms with van der Waals surface area (Å²) in [7, 11) is 3.76. The number of benzene rings is 2. The first-order valence-electron chi connectivity index (χ1n) is 17.9. The summed E-state index contributed by atoms with van der Waals surface area (Å²) in [5.74, 6) is 0.00645. The predicted molar refractivity (Wildman–Crippen MR) is 223 cm³/mol. The van der Waals surface area contributed by atoms with Crippen LogP contribution in [0.1, 0.15) is 71.1 Å². The quantitative estimate of drug-likeness (QED) is 0.0495. The third-order valence-electron chi connectivity index (χ3n) is 9.04. The fourth-order valence-corrected chi connectivity index (χ4v) is 6.35. The average molecular weight is 800 g/mol. The van der Waals surface area contributed by atoms with E-state index in [2.05, 4.69) is 20.7 Å². The maximum absolute atomic E-state index is 12.7. The second-order valence-corrected chi connectivity index (χ2v) is 12.9. The van der Waals surface area contributed by atoms with Gasteiger partial charge in [0.15, 0.2) is 12.2 Å². The Hall–Kier alpha value is -5.30. The number of nitrogen functional groups attached to an aromatic ring is 1. The summed E-state index contributed by atoms with van der Waals surface area (Å²) in [5.41, 5.74) is 25.4. The molecule has 0 unspecified atom stereocenters. The van der Waals surface area contributed by atoms with Gasteiger partial charge in [-0.25, -0.2) is 24.5 Å². The summed E-state index contributed by atoms with van der Waals surface area (Å²) < 4.78 is 3.10. The van der Waals surface area contributed by atoms with Gasteiger partial charge in [-0.2, -0.15) is 5.26 Å². The molecule has 2 heterocycles. The van der Waals surface area contributed by atoms with Crippen LogP contribution in [0.5, 0.6) is 0 Å². The number of guanidine groups is 1. The van der Waals surface area contributed by atoms with E-state index < -0.39 is 0 Å². The van der Waals surface area contributed by atoms with Gasteiger partial charge in [0.05, 0.1) is 17.1 Å². The van der Waals surface area contributed by atoms with Gasteiger partial charge in [0.2, 0.25) is 0 Å². The van der Waals surface area contributed by atoms with E-state index in [0.717, 1.165) is 42.5 Å². The standard InChI is InChI=1S/C18H24N6O.C17H22N4O.C2H6O.CH2N2.2ClH/c1-23(15-8-3-2-4-9-15)18(25)24-11-16(21-12-24)13-6-5-7-14(10-13)22-17(19)20;1-20(15-8-3-2-4-9-15)17(22)21-11-16(19-12-21)13-6-5-7-14(18)10-13;1-2-3;2-1-3;;/h5-7,10-12,15H,2-4,8-9H2,1H3,(H4,19,20,22);5-7,10-12,15H,2-4,8-9,18H2,1H3;3H,2H2,1H3;2H2;2*1H. The molecule has 300 valence electrons. The molecule has 0 atom stereocenters. The normalized spacial score (nSPS) is 13.5. The molecule has 55 heavy (non-hydrogen) atoms. The molecule has 15 nitrogen and oxygen atoms in total. The van der Waals surface area contributed by atoms with Crippen molar-refractivity contribution in [2.24, 2.45) is 22.2 Å². The van der Waals surface area contributed by atoms with Gasteiger partial charge in [0.1, 0.15) is 12.7 Å². The highest BCUT2D eigenvalue weighted by molar-refractivity contribution is 5.85. The van der Waals surface area contributed by atoms with E-state index in [1.165, 1.54) is 49.3 Å². The van der Waals surface area contributed by atoms with E-state index >= 15 is 0 Å². The molecule has 0 radical (unpaired) electrons. The summed E-state index contributed by atoms with van der Waals surface area (Å²) in [4.78, 5) is 41.7. The zero-order chi connectivity index (χ0) is 38.8. The highest BCUT2D eigenvalue weighted by atomic mass is 35.5. The van der Waals surface area contributed by atoms with Crippen LogP contribution < -0.4 is 22.9 Å². The smallest absolute Gasteiger partial charge is 0.329 e. The molecule has 2 aromatic heterocycles. The van der Waals surface area contributed by atoms with Crippen LogP contribution in [0.3, 0.4) is 0 Å². The zero-order valence-electron chi connectivity index (χ0n) is 31.8. The summed E-state index contributed by atoms with van der Waals surface area (Å²) in [6.07, 6.45) is 19.6. The van der Waals surface area contributed by atoms with Gasteiger partial charge in [0, 0.05) is 62.0 Å². The van der Waals surface area contributed by atoms with Crippen molar-refractivity contribution in [3.63, 3.8) is 0 Å². The molecule has 0 aliphatic heterocycles. The Bertz CT molecular complexity index is 1810. The average Bonchev–Trinajstić information content (AvgIpc) is 3.87. The minimum Gasteiger partial charge on any atom is -0.399 e. The molecule has 2 fully saturated rings. The van der Waals surface area contributed by atoms with Crippen LogP contribution in [0.25, 0.3) is 22.5 Å². The Morgan fingerprint density at radius 1 is 0.818 bits per heavy atom. The van der Waals surface area contributed by atoms with E-state index in [-0.39, 0.29) is 49.4 Å². The lowest BCUT2D eigenvalue weighted by atomic mass is 9.95. The minimum atomic E-state index is -0.0500. The lowest BCUT2D eigenvalue weighted by Crippen LogP contribution is -2.40. The van der Waals surface area contributed by atoms with Crippen molar-refractivity contribution in [3.05, 3.63) is 73.6 Å². The van der Waals surface area contributed by atoms with Crippen molar-refractivity contribution in [2.45, 2.75) is 83.2 Å².